The highest BCUT2D eigenvalue weighted by Crippen LogP contribution is 2.04. The molecule has 0 heterocycles. The Balaban J connectivity index is 0.000000336. The summed E-state index contributed by atoms with van der Waals surface area (Å²) in [5.74, 6) is 0.255. The van der Waals surface area contributed by atoms with E-state index in [9.17, 15) is 4.79 Å². The van der Waals surface area contributed by atoms with Gasteiger partial charge in [0.1, 0.15) is 5.78 Å². The van der Waals surface area contributed by atoms with Gasteiger partial charge in [-0.25, -0.2) is 0 Å². The van der Waals surface area contributed by atoms with E-state index in [4.69, 9.17) is 0 Å². The fourth-order valence-corrected chi connectivity index (χ4v) is 1.01. The number of carbonyl (C=O) groups excluding carboxylic acids is 1. The Bertz CT molecular complexity index is 249. The van der Waals surface area contributed by atoms with Crippen LogP contribution in [0.3, 0.4) is 0 Å². The van der Waals surface area contributed by atoms with Gasteiger partial charge in [0.15, 0.2) is 0 Å². The molecule has 0 radical (unpaired) electrons. The van der Waals surface area contributed by atoms with Crippen LogP contribution < -0.4 is 0 Å². The van der Waals surface area contributed by atoms with E-state index >= 15 is 0 Å². The first-order chi connectivity index (χ1) is 7.13. The zero-order valence-electron chi connectivity index (χ0n) is 10.3. The van der Waals surface area contributed by atoms with Gasteiger partial charge < -0.3 is 4.79 Å². The summed E-state index contributed by atoms with van der Waals surface area (Å²) in [4.78, 5) is 9.81. The number of aryl methyl sites for hydroxylation is 2. The molecule has 0 N–H and O–H groups in total. The molecule has 0 aliphatic carbocycles. The monoisotopic (exact) mass is 206 g/mol. The Morgan fingerprint density at radius 1 is 0.933 bits per heavy atom. The number of ketones is 1. The van der Waals surface area contributed by atoms with E-state index in [2.05, 4.69) is 38.1 Å². The van der Waals surface area contributed by atoms with Gasteiger partial charge >= 0.3 is 0 Å². The van der Waals surface area contributed by atoms with Crippen LogP contribution in [0.4, 0.5) is 0 Å². The summed E-state index contributed by atoms with van der Waals surface area (Å²) in [6, 6.07) is 8.83. The number of rotatable bonds is 3. The van der Waals surface area contributed by atoms with Crippen molar-refractivity contribution in [3.05, 3.63) is 35.4 Å². The third kappa shape index (κ3) is 6.89. The van der Waals surface area contributed by atoms with Crippen molar-refractivity contribution in [1.29, 1.82) is 0 Å². The first-order valence-electron chi connectivity index (χ1n) is 5.71. The molecule has 1 rings (SSSR count). The molecule has 1 heteroatoms. The summed E-state index contributed by atoms with van der Waals surface area (Å²) in [6.07, 6.45) is 2.95. The summed E-state index contributed by atoms with van der Waals surface area (Å²) < 4.78 is 0. The van der Waals surface area contributed by atoms with Gasteiger partial charge in [-0.3, -0.25) is 0 Å². The van der Waals surface area contributed by atoms with Gasteiger partial charge in [-0.15, -0.1) is 0 Å². The molecule has 0 amide bonds. The van der Waals surface area contributed by atoms with Crippen molar-refractivity contribution in [2.45, 2.75) is 47.0 Å². The van der Waals surface area contributed by atoms with Gasteiger partial charge in [-0.1, -0.05) is 45.0 Å². The quantitative estimate of drug-likeness (QED) is 0.735. The molecule has 0 atom stereocenters. The second-order valence-electron chi connectivity index (χ2n) is 3.58. The molecule has 0 spiro atoms. The fraction of sp³-hybridized carbons (Fsp3) is 0.500. The molecular formula is C14H22O. The minimum Gasteiger partial charge on any atom is -0.300 e. The molecule has 0 bridgehead atoms. The molecule has 84 valence electrons. The lowest BCUT2D eigenvalue weighted by Gasteiger charge is -1.97. The van der Waals surface area contributed by atoms with E-state index in [1.165, 1.54) is 11.1 Å². The standard InChI is InChI=1S/C10H14.C4H8O/c1-3-9-5-7-10(4-2)8-6-9;1-3-4(2)5/h5-8H,3-4H2,1-2H3;3H2,1-2H3. The predicted octanol–water partition coefficient (Wildman–Crippen LogP) is 3.80. The molecule has 0 fully saturated rings. The molecule has 1 aromatic carbocycles. The van der Waals surface area contributed by atoms with Crippen molar-refractivity contribution in [3.8, 4) is 0 Å². The first-order valence-corrected chi connectivity index (χ1v) is 5.71. The van der Waals surface area contributed by atoms with Crippen molar-refractivity contribution in [2.75, 3.05) is 0 Å². The van der Waals surface area contributed by atoms with Crippen molar-refractivity contribution in [3.63, 3.8) is 0 Å². The van der Waals surface area contributed by atoms with Crippen LogP contribution in [0, 0.1) is 0 Å². The van der Waals surface area contributed by atoms with Crippen molar-refractivity contribution >= 4 is 5.78 Å². The highest BCUT2D eigenvalue weighted by atomic mass is 16.1. The van der Waals surface area contributed by atoms with Crippen LogP contribution in [0.15, 0.2) is 24.3 Å². The smallest absolute Gasteiger partial charge is 0.129 e. The molecule has 0 aliphatic rings. The Labute approximate surface area is 93.5 Å². The zero-order chi connectivity index (χ0) is 11.7. The summed E-state index contributed by atoms with van der Waals surface area (Å²) in [7, 11) is 0. The average molecular weight is 206 g/mol. The molecule has 15 heavy (non-hydrogen) atoms. The Kier molecular flexibility index (Phi) is 7.61. The van der Waals surface area contributed by atoms with Crippen molar-refractivity contribution in [2.24, 2.45) is 0 Å². The van der Waals surface area contributed by atoms with Gasteiger partial charge in [0.05, 0.1) is 0 Å². The van der Waals surface area contributed by atoms with Crippen LogP contribution in [0.2, 0.25) is 0 Å². The maximum Gasteiger partial charge on any atom is 0.129 e. The molecule has 0 saturated carbocycles. The number of Topliss-reactive ketones (excluding diaryl/α,β-unsaturated/α-hetero) is 1. The molecule has 1 aromatic rings. The maximum atomic E-state index is 9.81. The second kappa shape index (κ2) is 8.22. The van der Waals surface area contributed by atoms with E-state index in [0.717, 1.165) is 12.8 Å². The van der Waals surface area contributed by atoms with E-state index in [-0.39, 0.29) is 5.78 Å². The number of hydrogen-bond acceptors (Lipinski definition) is 1. The third-order valence-electron chi connectivity index (χ3n) is 2.34. The van der Waals surface area contributed by atoms with Crippen molar-refractivity contribution < 1.29 is 4.79 Å². The Morgan fingerprint density at radius 3 is 1.33 bits per heavy atom. The minimum atomic E-state index is 0.255. The third-order valence-corrected chi connectivity index (χ3v) is 2.34. The normalized spacial score (nSPS) is 9.07. The van der Waals surface area contributed by atoms with E-state index in [1.54, 1.807) is 6.92 Å². The van der Waals surface area contributed by atoms with Crippen LogP contribution >= 0.6 is 0 Å². The van der Waals surface area contributed by atoms with Crippen molar-refractivity contribution in [1.82, 2.24) is 0 Å². The van der Waals surface area contributed by atoms with Crippen LogP contribution in [-0.2, 0) is 17.6 Å². The Hall–Kier alpha value is -1.11. The first kappa shape index (κ1) is 13.9. The lowest BCUT2D eigenvalue weighted by molar-refractivity contribution is -0.116. The van der Waals surface area contributed by atoms with Crippen LogP contribution in [0.1, 0.15) is 45.2 Å². The van der Waals surface area contributed by atoms with Gasteiger partial charge in [-0.05, 0) is 30.9 Å². The van der Waals surface area contributed by atoms with E-state index < -0.39 is 0 Å². The molecule has 0 aromatic heterocycles. The van der Waals surface area contributed by atoms with Crippen LogP contribution in [0.25, 0.3) is 0 Å². The molecule has 0 unspecified atom stereocenters. The zero-order valence-corrected chi connectivity index (χ0v) is 10.3. The lowest BCUT2D eigenvalue weighted by atomic mass is 10.1. The topological polar surface area (TPSA) is 17.1 Å². The highest BCUT2D eigenvalue weighted by Gasteiger charge is 1.88. The van der Waals surface area contributed by atoms with Gasteiger partial charge in [0.2, 0.25) is 0 Å². The van der Waals surface area contributed by atoms with Gasteiger partial charge in [0.25, 0.3) is 0 Å². The highest BCUT2D eigenvalue weighted by molar-refractivity contribution is 5.74. The summed E-state index contributed by atoms with van der Waals surface area (Å²) >= 11 is 0. The summed E-state index contributed by atoms with van der Waals surface area (Å²) in [5.41, 5.74) is 2.86. The predicted molar refractivity (Wildman–Crippen MR) is 66.2 cm³/mol. The van der Waals surface area contributed by atoms with E-state index in [0.29, 0.717) is 6.42 Å². The largest absolute Gasteiger partial charge is 0.300 e. The number of hydrogen-bond donors (Lipinski definition) is 0. The fourth-order valence-electron chi connectivity index (χ4n) is 1.01. The molecule has 0 aliphatic heterocycles. The van der Waals surface area contributed by atoms with E-state index in [1.807, 2.05) is 6.92 Å². The maximum absolute atomic E-state index is 9.81. The second-order valence-corrected chi connectivity index (χ2v) is 3.58. The van der Waals surface area contributed by atoms with Gasteiger partial charge in [0, 0.05) is 6.42 Å². The molecule has 0 saturated heterocycles. The Morgan fingerprint density at radius 2 is 1.20 bits per heavy atom. The van der Waals surface area contributed by atoms with Gasteiger partial charge in [-0.2, -0.15) is 0 Å². The molecular weight excluding hydrogens is 184 g/mol. The SMILES string of the molecule is CCC(C)=O.CCc1ccc(CC)cc1. The van der Waals surface area contributed by atoms with Crippen LogP contribution in [0.5, 0.6) is 0 Å². The summed E-state index contributed by atoms with van der Waals surface area (Å²) in [6.45, 7) is 7.80. The minimum absolute atomic E-state index is 0.255. The number of benzene rings is 1. The lowest BCUT2D eigenvalue weighted by Crippen LogP contribution is -1.81. The average Bonchev–Trinajstić information content (AvgIpc) is 2.30. The summed E-state index contributed by atoms with van der Waals surface area (Å²) in [5, 5.41) is 0. The molecule has 1 nitrogen and oxygen atoms in total. The van der Waals surface area contributed by atoms with Crippen LogP contribution in [-0.4, -0.2) is 5.78 Å². The number of carbonyl (C=O) groups is 1.